The Kier molecular flexibility index (Phi) is 15.8. The molecular formula is C46H39Cl5N8O5. The van der Waals surface area contributed by atoms with Gasteiger partial charge in [-0.1, -0.05) is 70.1 Å². The van der Waals surface area contributed by atoms with Gasteiger partial charge in [0.25, 0.3) is 23.6 Å². The van der Waals surface area contributed by atoms with Gasteiger partial charge in [0.05, 0.1) is 43.9 Å². The molecule has 18 heteroatoms. The fourth-order valence-corrected chi connectivity index (χ4v) is 7.33. The molecule has 64 heavy (non-hydrogen) atoms. The van der Waals surface area contributed by atoms with Crippen molar-refractivity contribution >= 4 is 116 Å². The average molecular weight is 961 g/mol. The molecule has 1 aliphatic rings. The van der Waals surface area contributed by atoms with E-state index in [2.05, 4.69) is 36.1 Å². The number of nitrogens with zero attached hydrogens (tertiary/aromatic N) is 4. The predicted octanol–water partition coefficient (Wildman–Crippen LogP) is 10.7. The zero-order chi connectivity index (χ0) is 46.1. The maximum absolute atomic E-state index is 13.0. The smallest absolute Gasteiger partial charge is 0.257 e. The molecule has 1 saturated heterocycles. The minimum Gasteiger partial charge on any atom is -0.353 e. The number of hydrogen-bond acceptors (Lipinski definition) is 8. The standard InChI is InChI=1S/C26H25Cl2N5O3.C20H14Cl3N3O2/c1-16-21(7-9-24(29-16)33-12-10-32(11-13-33)17(2)34)26(36)30-20-6-8-22(28)23(15-20)31-25(35)18-4-3-5-19(27)14-18;1-11-15(6-8-18(23)24-11)20(28)25-14-5-7-16(22)17(10-14)26-19(27)12-3-2-4-13(21)9-12/h3-9,14-15H,10-13H2,1-2H3,(H,30,36)(H,31,35);2-10H,1H3,(H,25,28)(H,26,27). The zero-order valence-corrected chi connectivity index (χ0v) is 38.2. The van der Waals surface area contributed by atoms with E-state index in [1.807, 2.05) is 11.0 Å². The Labute approximate surface area is 394 Å². The van der Waals surface area contributed by atoms with Gasteiger partial charge in [-0.2, -0.15) is 0 Å². The number of rotatable bonds is 9. The molecule has 328 valence electrons. The van der Waals surface area contributed by atoms with E-state index in [0.717, 1.165) is 5.82 Å². The van der Waals surface area contributed by atoms with Crippen LogP contribution < -0.4 is 26.2 Å². The molecule has 0 spiro atoms. The lowest BCUT2D eigenvalue weighted by Gasteiger charge is -2.35. The normalized spacial score (nSPS) is 12.1. The van der Waals surface area contributed by atoms with Gasteiger partial charge in [0.15, 0.2) is 0 Å². The van der Waals surface area contributed by atoms with Gasteiger partial charge in [-0.25, -0.2) is 9.97 Å². The molecule has 0 saturated carbocycles. The van der Waals surface area contributed by atoms with Crippen LogP contribution in [0.1, 0.15) is 59.7 Å². The Hall–Kier alpha value is -6.22. The van der Waals surface area contributed by atoms with Gasteiger partial charge in [0.1, 0.15) is 11.0 Å². The molecule has 4 N–H and O–H groups in total. The van der Waals surface area contributed by atoms with Crippen molar-refractivity contribution < 1.29 is 24.0 Å². The fraction of sp³-hybridized carbons (Fsp3) is 0.152. The molecule has 1 fully saturated rings. The van der Waals surface area contributed by atoms with Gasteiger partial charge in [-0.3, -0.25) is 24.0 Å². The number of anilines is 5. The molecule has 6 aromatic rings. The molecule has 0 atom stereocenters. The second-order valence-corrected chi connectivity index (χ2v) is 16.4. The predicted molar refractivity (Wildman–Crippen MR) is 255 cm³/mol. The first-order valence-corrected chi connectivity index (χ1v) is 21.4. The molecule has 3 heterocycles. The number of benzene rings is 4. The molecule has 7 rings (SSSR count). The topological polar surface area (TPSA) is 166 Å². The molecular weight excluding hydrogens is 922 g/mol. The van der Waals surface area contributed by atoms with E-state index in [1.165, 1.54) is 0 Å². The first kappa shape index (κ1) is 47.3. The van der Waals surface area contributed by atoms with E-state index < -0.39 is 0 Å². The third-order valence-corrected chi connectivity index (χ3v) is 11.1. The first-order chi connectivity index (χ1) is 30.5. The summed E-state index contributed by atoms with van der Waals surface area (Å²) < 4.78 is 0. The summed E-state index contributed by atoms with van der Waals surface area (Å²) in [7, 11) is 0. The average Bonchev–Trinajstić information content (AvgIpc) is 3.26. The van der Waals surface area contributed by atoms with E-state index in [-0.39, 0.29) is 29.5 Å². The lowest BCUT2D eigenvalue weighted by molar-refractivity contribution is -0.129. The Balaban J connectivity index is 0.000000219. The van der Waals surface area contributed by atoms with Crippen molar-refractivity contribution in [2.45, 2.75) is 20.8 Å². The van der Waals surface area contributed by atoms with Crippen LogP contribution in [0.2, 0.25) is 25.2 Å². The van der Waals surface area contributed by atoms with E-state index in [4.69, 9.17) is 58.0 Å². The summed E-state index contributed by atoms with van der Waals surface area (Å²) in [5, 5.41) is 12.9. The summed E-state index contributed by atoms with van der Waals surface area (Å²) >= 11 is 30.2. The Morgan fingerprint density at radius 1 is 0.516 bits per heavy atom. The summed E-state index contributed by atoms with van der Waals surface area (Å²) in [5.41, 5.74) is 4.34. The molecule has 1 aliphatic heterocycles. The maximum atomic E-state index is 13.0. The molecule has 4 aromatic carbocycles. The Morgan fingerprint density at radius 3 is 1.42 bits per heavy atom. The Bertz CT molecular complexity index is 2760. The van der Waals surface area contributed by atoms with E-state index in [9.17, 15) is 24.0 Å². The van der Waals surface area contributed by atoms with E-state index >= 15 is 0 Å². The number of piperazine rings is 1. The highest BCUT2D eigenvalue weighted by Gasteiger charge is 2.21. The number of halogens is 5. The van der Waals surface area contributed by atoms with Crippen molar-refractivity contribution in [2.75, 3.05) is 52.3 Å². The zero-order valence-electron chi connectivity index (χ0n) is 34.4. The maximum Gasteiger partial charge on any atom is 0.257 e. The van der Waals surface area contributed by atoms with Crippen LogP contribution in [0.5, 0.6) is 0 Å². The summed E-state index contributed by atoms with van der Waals surface area (Å²) in [5.74, 6) is -0.586. The van der Waals surface area contributed by atoms with E-state index in [0.29, 0.717) is 108 Å². The number of carbonyl (C=O) groups is 5. The minimum absolute atomic E-state index is 0.0696. The largest absolute Gasteiger partial charge is 0.353 e. The number of carbonyl (C=O) groups excluding carboxylic acids is 5. The van der Waals surface area contributed by atoms with Gasteiger partial charge >= 0.3 is 0 Å². The van der Waals surface area contributed by atoms with Crippen LogP contribution in [0.25, 0.3) is 0 Å². The van der Waals surface area contributed by atoms with Crippen molar-refractivity contribution in [1.29, 1.82) is 0 Å². The number of pyridine rings is 2. The summed E-state index contributed by atoms with van der Waals surface area (Å²) in [4.78, 5) is 74.6. The summed E-state index contributed by atoms with van der Waals surface area (Å²) in [6.45, 7) is 7.71. The Morgan fingerprint density at radius 2 is 0.984 bits per heavy atom. The van der Waals surface area contributed by atoms with Crippen LogP contribution in [0, 0.1) is 13.8 Å². The first-order valence-electron chi connectivity index (χ1n) is 19.5. The van der Waals surface area contributed by atoms with Crippen LogP contribution in [-0.2, 0) is 4.79 Å². The van der Waals surface area contributed by atoms with Crippen LogP contribution in [0.15, 0.2) is 109 Å². The van der Waals surface area contributed by atoms with Gasteiger partial charge < -0.3 is 31.1 Å². The summed E-state index contributed by atoms with van der Waals surface area (Å²) in [6, 6.07) is 29.4. The highest BCUT2D eigenvalue weighted by atomic mass is 35.5. The van der Waals surface area contributed by atoms with Gasteiger partial charge in [0.2, 0.25) is 5.91 Å². The number of aromatic nitrogens is 2. The van der Waals surface area contributed by atoms with Crippen molar-refractivity contribution in [3.05, 3.63) is 168 Å². The van der Waals surface area contributed by atoms with Crippen LogP contribution in [0.4, 0.5) is 28.6 Å². The molecule has 0 unspecified atom stereocenters. The van der Waals surface area contributed by atoms with Crippen LogP contribution >= 0.6 is 58.0 Å². The van der Waals surface area contributed by atoms with E-state index in [1.54, 1.807) is 124 Å². The van der Waals surface area contributed by atoms with Crippen LogP contribution in [-0.4, -0.2) is 70.6 Å². The van der Waals surface area contributed by atoms with Crippen molar-refractivity contribution in [3.63, 3.8) is 0 Å². The third kappa shape index (κ3) is 12.5. The number of nitrogens with one attached hydrogen (secondary N) is 4. The SMILES string of the molecule is CC(=O)N1CCN(c2ccc(C(=O)Nc3ccc(Cl)c(NC(=O)c4cccc(Cl)c4)c3)c(C)n2)CC1.Cc1nc(Cl)ccc1C(=O)Nc1ccc(Cl)c(NC(=O)c2cccc(Cl)c2)c1. The molecule has 0 radical (unpaired) electrons. The highest BCUT2D eigenvalue weighted by molar-refractivity contribution is 6.35. The quantitative estimate of drug-likeness (QED) is 0.104. The highest BCUT2D eigenvalue weighted by Crippen LogP contribution is 2.29. The minimum atomic E-state index is -0.373. The van der Waals surface area contributed by atoms with Crippen molar-refractivity contribution in [3.8, 4) is 0 Å². The molecule has 0 bridgehead atoms. The van der Waals surface area contributed by atoms with Gasteiger partial charge in [0, 0.05) is 65.6 Å². The monoisotopic (exact) mass is 958 g/mol. The number of aryl methyl sites for hydroxylation is 2. The molecule has 0 aliphatic carbocycles. The molecule has 2 aromatic heterocycles. The number of amides is 5. The molecule has 13 nitrogen and oxygen atoms in total. The third-order valence-electron chi connectivity index (χ3n) is 9.78. The fourth-order valence-electron chi connectivity index (χ4n) is 6.43. The second-order valence-electron chi connectivity index (χ2n) is 14.3. The van der Waals surface area contributed by atoms with Gasteiger partial charge in [-0.05, 0) is 111 Å². The lowest BCUT2D eigenvalue weighted by Crippen LogP contribution is -2.48. The molecule has 5 amide bonds. The number of hydrogen-bond donors (Lipinski definition) is 4. The lowest BCUT2D eigenvalue weighted by atomic mass is 10.1. The van der Waals surface area contributed by atoms with Crippen molar-refractivity contribution in [1.82, 2.24) is 14.9 Å². The van der Waals surface area contributed by atoms with Gasteiger partial charge in [-0.15, -0.1) is 0 Å². The van der Waals surface area contributed by atoms with Crippen LogP contribution in [0.3, 0.4) is 0 Å². The second kappa shape index (κ2) is 21.4. The van der Waals surface area contributed by atoms with Crippen molar-refractivity contribution in [2.24, 2.45) is 0 Å². The summed E-state index contributed by atoms with van der Waals surface area (Å²) in [6.07, 6.45) is 0.